The van der Waals surface area contributed by atoms with Crippen LogP contribution in [0, 0.1) is 0 Å². The first-order chi connectivity index (χ1) is 8.15. The minimum absolute atomic E-state index is 0.186. The Balaban J connectivity index is 1.95. The highest BCUT2D eigenvalue weighted by atomic mass is 16.2. The molecule has 1 aromatic carbocycles. The van der Waals surface area contributed by atoms with Gasteiger partial charge in [0.1, 0.15) is 0 Å². The molecule has 0 unspecified atom stereocenters. The number of nitrogens with one attached hydrogen (secondary N) is 1. The predicted octanol–water partition coefficient (Wildman–Crippen LogP) is 1.40. The summed E-state index contributed by atoms with van der Waals surface area (Å²) in [6.45, 7) is 1.61. The van der Waals surface area contributed by atoms with Crippen LogP contribution in [0.25, 0.3) is 0 Å². The minimum atomic E-state index is -0.229. The Morgan fingerprint density at radius 2 is 1.94 bits per heavy atom. The van der Waals surface area contributed by atoms with Crippen LogP contribution in [0.5, 0.6) is 0 Å². The lowest BCUT2D eigenvalue weighted by Crippen LogP contribution is -2.38. The highest BCUT2D eigenvalue weighted by molar-refractivity contribution is 5.91. The fraction of sp³-hybridized carbons (Fsp3) is 0.500. The molecule has 0 spiro atoms. The van der Waals surface area contributed by atoms with Gasteiger partial charge < -0.3 is 10.2 Å². The van der Waals surface area contributed by atoms with Crippen LogP contribution in [0.4, 0.5) is 0 Å². The number of rotatable bonds is 5. The Bertz CT molecular complexity index is 382. The number of carbonyl (C=O) groups is 1. The molecule has 2 rings (SSSR count). The number of nitrogens with zero attached hydrogens (tertiary/aromatic N) is 1. The van der Waals surface area contributed by atoms with Crippen molar-refractivity contribution in [1.82, 2.24) is 10.2 Å². The fourth-order valence-corrected chi connectivity index (χ4v) is 2.09. The van der Waals surface area contributed by atoms with Crippen molar-refractivity contribution in [3.8, 4) is 0 Å². The maximum Gasteiger partial charge on any atom is 0.230 e. The number of amides is 1. The first-order valence-corrected chi connectivity index (χ1v) is 6.14. The van der Waals surface area contributed by atoms with Crippen molar-refractivity contribution >= 4 is 5.91 Å². The second-order valence-electron chi connectivity index (χ2n) is 5.01. The zero-order chi connectivity index (χ0) is 12.3. The monoisotopic (exact) mass is 232 g/mol. The van der Waals surface area contributed by atoms with Crippen LogP contribution in [-0.2, 0) is 10.2 Å². The van der Waals surface area contributed by atoms with Gasteiger partial charge in [-0.1, -0.05) is 30.3 Å². The van der Waals surface area contributed by atoms with Crippen LogP contribution < -0.4 is 5.32 Å². The Kier molecular flexibility index (Phi) is 3.48. The van der Waals surface area contributed by atoms with Crippen molar-refractivity contribution in [3.63, 3.8) is 0 Å². The van der Waals surface area contributed by atoms with Gasteiger partial charge in [-0.05, 0) is 32.5 Å². The average Bonchev–Trinajstić information content (AvgIpc) is 3.11. The Labute approximate surface area is 103 Å². The van der Waals surface area contributed by atoms with Crippen LogP contribution in [-0.4, -0.2) is 38.0 Å². The first-order valence-electron chi connectivity index (χ1n) is 6.14. The van der Waals surface area contributed by atoms with Gasteiger partial charge in [0.15, 0.2) is 0 Å². The van der Waals surface area contributed by atoms with Gasteiger partial charge in [0.25, 0.3) is 0 Å². The van der Waals surface area contributed by atoms with E-state index in [0.717, 1.165) is 31.5 Å². The number of hydrogen-bond acceptors (Lipinski definition) is 2. The van der Waals surface area contributed by atoms with E-state index in [2.05, 4.69) is 22.3 Å². The fourth-order valence-electron chi connectivity index (χ4n) is 2.09. The maximum atomic E-state index is 12.2. The third-order valence-corrected chi connectivity index (χ3v) is 3.36. The number of benzene rings is 1. The first kappa shape index (κ1) is 12.1. The molecule has 1 fully saturated rings. The Hall–Kier alpha value is -1.35. The van der Waals surface area contributed by atoms with Crippen LogP contribution in [0.2, 0.25) is 0 Å². The summed E-state index contributed by atoms with van der Waals surface area (Å²) in [5.41, 5.74) is 0.926. The van der Waals surface area contributed by atoms with E-state index < -0.39 is 0 Å². The molecular weight excluding hydrogens is 212 g/mol. The molecule has 1 amide bonds. The van der Waals surface area contributed by atoms with Crippen molar-refractivity contribution in [2.75, 3.05) is 27.2 Å². The van der Waals surface area contributed by atoms with Crippen LogP contribution >= 0.6 is 0 Å². The lowest BCUT2D eigenvalue weighted by atomic mass is 9.95. The van der Waals surface area contributed by atoms with Crippen LogP contribution in [0.3, 0.4) is 0 Å². The number of hydrogen-bond donors (Lipinski definition) is 1. The molecule has 0 radical (unpaired) electrons. The summed E-state index contributed by atoms with van der Waals surface area (Å²) >= 11 is 0. The van der Waals surface area contributed by atoms with Crippen molar-refractivity contribution in [1.29, 1.82) is 0 Å². The summed E-state index contributed by atoms with van der Waals surface area (Å²) in [5.74, 6) is 0.186. The SMILES string of the molecule is CN(C)CCNC(=O)C1(c2ccccc2)CC1. The van der Waals surface area contributed by atoms with Gasteiger partial charge in [-0.3, -0.25) is 4.79 Å². The standard InChI is InChI=1S/C14H20N2O/c1-16(2)11-10-15-13(17)14(8-9-14)12-6-4-3-5-7-12/h3-7H,8-11H2,1-2H3,(H,15,17). The zero-order valence-electron chi connectivity index (χ0n) is 10.6. The summed E-state index contributed by atoms with van der Waals surface area (Å²) in [4.78, 5) is 14.3. The van der Waals surface area contributed by atoms with Crippen LogP contribution in [0.1, 0.15) is 18.4 Å². The lowest BCUT2D eigenvalue weighted by molar-refractivity contribution is -0.123. The molecule has 17 heavy (non-hydrogen) atoms. The van der Waals surface area contributed by atoms with Gasteiger partial charge in [-0.15, -0.1) is 0 Å². The predicted molar refractivity (Wildman–Crippen MR) is 68.9 cm³/mol. The minimum Gasteiger partial charge on any atom is -0.354 e. The molecule has 1 aliphatic carbocycles. The van der Waals surface area contributed by atoms with Gasteiger partial charge in [0, 0.05) is 13.1 Å². The van der Waals surface area contributed by atoms with E-state index in [9.17, 15) is 4.79 Å². The Morgan fingerprint density at radius 3 is 2.47 bits per heavy atom. The van der Waals surface area contributed by atoms with E-state index in [1.807, 2.05) is 32.3 Å². The largest absolute Gasteiger partial charge is 0.354 e. The number of carbonyl (C=O) groups excluding carboxylic acids is 1. The van der Waals surface area contributed by atoms with Crippen molar-refractivity contribution in [2.24, 2.45) is 0 Å². The molecule has 0 aliphatic heterocycles. The van der Waals surface area contributed by atoms with E-state index in [1.165, 1.54) is 0 Å². The summed E-state index contributed by atoms with van der Waals surface area (Å²) in [5, 5.41) is 3.03. The molecule has 1 aromatic rings. The molecule has 0 heterocycles. The molecule has 0 aromatic heterocycles. The van der Waals surface area contributed by atoms with Gasteiger partial charge >= 0.3 is 0 Å². The van der Waals surface area contributed by atoms with E-state index in [4.69, 9.17) is 0 Å². The Morgan fingerprint density at radius 1 is 1.29 bits per heavy atom. The lowest BCUT2D eigenvalue weighted by Gasteiger charge is -2.17. The van der Waals surface area contributed by atoms with E-state index in [1.54, 1.807) is 0 Å². The smallest absolute Gasteiger partial charge is 0.230 e. The molecule has 0 saturated heterocycles. The summed E-state index contributed by atoms with van der Waals surface area (Å²) < 4.78 is 0. The molecule has 92 valence electrons. The molecule has 3 nitrogen and oxygen atoms in total. The van der Waals surface area contributed by atoms with Gasteiger partial charge in [-0.25, -0.2) is 0 Å². The quantitative estimate of drug-likeness (QED) is 0.832. The molecular formula is C14H20N2O. The maximum absolute atomic E-state index is 12.2. The van der Waals surface area contributed by atoms with Crippen molar-refractivity contribution in [3.05, 3.63) is 35.9 Å². The second kappa shape index (κ2) is 4.88. The van der Waals surface area contributed by atoms with Crippen molar-refractivity contribution < 1.29 is 4.79 Å². The van der Waals surface area contributed by atoms with Gasteiger partial charge in [0.05, 0.1) is 5.41 Å². The molecule has 1 aliphatic rings. The average molecular weight is 232 g/mol. The summed E-state index contributed by atoms with van der Waals surface area (Å²) in [7, 11) is 4.02. The van der Waals surface area contributed by atoms with Gasteiger partial charge in [0.2, 0.25) is 5.91 Å². The molecule has 0 bridgehead atoms. The normalized spacial score (nSPS) is 16.9. The van der Waals surface area contributed by atoms with Gasteiger partial charge in [-0.2, -0.15) is 0 Å². The second-order valence-corrected chi connectivity index (χ2v) is 5.01. The number of likely N-dealkylation sites (N-methyl/N-ethyl adjacent to an activating group) is 1. The third kappa shape index (κ3) is 2.67. The highest BCUT2D eigenvalue weighted by Gasteiger charge is 2.50. The highest BCUT2D eigenvalue weighted by Crippen LogP contribution is 2.48. The summed E-state index contributed by atoms with van der Waals surface area (Å²) in [6, 6.07) is 10.1. The van der Waals surface area contributed by atoms with E-state index in [0.29, 0.717) is 0 Å². The zero-order valence-corrected chi connectivity index (χ0v) is 10.6. The molecule has 0 atom stereocenters. The third-order valence-electron chi connectivity index (χ3n) is 3.36. The topological polar surface area (TPSA) is 32.3 Å². The molecule has 1 N–H and O–H groups in total. The molecule has 3 heteroatoms. The van der Waals surface area contributed by atoms with Crippen LogP contribution in [0.15, 0.2) is 30.3 Å². The van der Waals surface area contributed by atoms with Crippen molar-refractivity contribution in [2.45, 2.75) is 18.3 Å². The van der Waals surface area contributed by atoms with E-state index >= 15 is 0 Å². The van der Waals surface area contributed by atoms with E-state index in [-0.39, 0.29) is 11.3 Å². The summed E-state index contributed by atoms with van der Waals surface area (Å²) in [6.07, 6.45) is 1.95. The molecule has 1 saturated carbocycles.